The molecule has 114 valence electrons. The Hall–Kier alpha value is -1.37. The summed E-state index contributed by atoms with van der Waals surface area (Å²) in [4.78, 5) is 2.90. The summed E-state index contributed by atoms with van der Waals surface area (Å²) < 4.78 is 1.48. The van der Waals surface area contributed by atoms with Gasteiger partial charge in [-0.05, 0) is 37.4 Å². The SMILES string of the molecule is CC1(C)SC(=S)N(c2ccccc2)C1[N+]([O-])=Cc1cccs1. The molecule has 1 aromatic carbocycles. The first-order valence-electron chi connectivity index (χ1n) is 6.90. The van der Waals surface area contributed by atoms with Gasteiger partial charge in [0.1, 0.15) is 9.07 Å². The molecule has 6 heteroatoms. The summed E-state index contributed by atoms with van der Waals surface area (Å²) in [6, 6.07) is 13.7. The molecule has 0 spiro atoms. The highest BCUT2D eigenvalue weighted by atomic mass is 32.2. The smallest absolute Gasteiger partial charge is 0.258 e. The number of benzene rings is 1. The molecule has 0 N–H and O–H groups in total. The van der Waals surface area contributed by atoms with Crippen LogP contribution in [0.5, 0.6) is 0 Å². The molecule has 3 rings (SSSR count). The van der Waals surface area contributed by atoms with E-state index in [1.807, 2.05) is 52.7 Å². The van der Waals surface area contributed by atoms with Gasteiger partial charge in [0.2, 0.25) is 0 Å². The average Bonchev–Trinajstić information content (AvgIpc) is 3.04. The van der Waals surface area contributed by atoms with Gasteiger partial charge in [-0.1, -0.05) is 48.2 Å². The van der Waals surface area contributed by atoms with Crippen LogP contribution in [0.25, 0.3) is 0 Å². The van der Waals surface area contributed by atoms with Crippen molar-refractivity contribution in [3.8, 4) is 0 Å². The van der Waals surface area contributed by atoms with Gasteiger partial charge in [0.05, 0.1) is 4.88 Å². The Morgan fingerprint density at radius 3 is 2.59 bits per heavy atom. The topological polar surface area (TPSA) is 29.3 Å². The number of rotatable bonds is 3. The first-order chi connectivity index (χ1) is 10.5. The van der Waals surface area contributed by atoms with Crippen molar-refractivity contribution in [2.24, 2.45) is 0 Å². The number of hydrogen-bond donors (Lipinski definition) is 0. The van der Waals surface area contributed by atoms with E-state index in [4.69, 9.17) is 12.2 Å². The van der Waals surface area contributed by atoms with Gasteiger partial charge < -0.3 is 5.21 Å². The second-order valence-corrected chi connectivity index (χ2v) is 8.82. The Morgan fingerprint density at radius 2 is 1.95 bits per heavy atom. The Balaban J connectivity index is 2.03. The molecule has 1 fully saturated rings. The third-order valence-corrected chi connectivity index (χ3v) is 5.85. The predicted octanol–water partition coefficient (Wildman–Crippen LogP) is 4.32. The summed E-state index contributed by atoms with van der Waals surface area (Å²) in [5.41, 5.74) is 0.955. The molecule has 0 amide bonds. The van der Waals surface area contributed by atoms with E-state index >= 15 is 0 Å². The van der Waals surface area contributed by atoms with E-state index in [-0.39, 0.29) is 10.9 Å². The zero-order chi connectivity index (χ0) is 15.7. The number of hydrogen-bond acceptors (Lipinski definition) is 4. The largest absolute Gasteiger partial charge is 0.622 e. The molecule has 1 aliphatic heterocycles. The fourth-order valence-corrected chi connectivity index (χ4v) is 5.11. The van der Waals surface area contributed by atoms with Gasteiger partial charge in [0.15, 0.2) is 6.21 Å². The van der Waals surface area contributed by atoms with Crippen LogP contribution < -0.4 is 4.90 Å². The van der Waals surface area contributed by atoms with Crippen molar-refractivity contribution >= 4 is 51.5 Å². The lowest BCUT2D eigenvalue weighted by atomic mass is 10.1. The third-order valence-electron chi connectivity index (χ3n) is 3.49. The molecular weight excluding hydrogens is 332 g/mol. The molecule has 1 unspecified atom stereocenters. The van der Waals surface area contributed by atoms with E-state index in [2.05, 4.69) is 13.8 Å². The molecule has 22 heavy (non-hydrogen) atoms. The third kappa shape index (κ3) is 2.91. The van der Waals surface area contributed by atoms with Crippen LogP contribution in [-0.4, -0.2) is 26.2 Å². The van der Waals surface area contributed by atoms with Crippen molar-refractivity contribution in [2.45, 2.75) is 24.8 Å². The van der Waals surface area contributed by atoms with Crippen molar-refractivity contribution in [3.05, 3.63) is 57.9 Å². The zero-order valence-corrected chi connectivity index (χ0v) is 14.8. The maximum Gasteiger partial charge on any atom is 0.258 e. The van der Waals surface area contributed by atoms with Crippen LogP contribution in [0.15, 0.2) is 47.8 Å². The average molecular weight is 349 g/mol. The maximum atomic E-state index is 12.8. The predicted molar refractivity (Wildman–Crippen MR) is 100 cm³/mol. The Kier molecular flexibility index (Phi) is 4.25. The van der Waals surface area contributed by atoms with E-state index in [9.17, 15) is 5.21 Å². The summed E-state index contributed by atoms with van der Waals surface area (Å²) in [5, 5.41) is 14.8. The van der Waals surface area contributed by atoms with Crippen molar-refractivity contribution in [1.82, 2.24) is 0 Å². The molecule has 1 atom stereocenters. The van der Waals surface area contributed by atoms with E-state index in [0.717, 1.165) is 19.6 Å². The lowest BCUT2D eigenvalue weighted by Crippen LogP contribution is -2.48. The number of thiophene rings is 1. The standard InChI is InChI=1S/C16H16N2OS3/c1-16(2)14(17(19)11-13-9-6-10-21-13)18(15(20)22-16)12-7-4-3-5-8-12/h3-11,14H,1-2H3. The molecule has 1 aliphatic rings. The Bertz CT molecular complexity index is 695. The molecule has 1 saturated heterocycles. The fourth-order valence-electron chi connectivity index (χ4n) is 2.55. The van der Waals surface area contributed by atoms with E-state index in [1.165, 1.54) is 0 Å². The van der Waals surface area contributed by atoms with Crippen LogP contribution >= 0.6 is 35.3 Å². The number of hydroxylamine groups is 1. The fraction of sp³-hybridized carbons (Fsp3) is 0.250. The maximum absolute atomic E-state index is 12.8. The van der Waals surface area contributed by atoms with E-state index in [1.54, 1.807) is 29.3 Å². The number of thioether (sulfide) groups is 1. The lowest BCUT2D eigenvalue weighted by Gasteiger charge is -2.29. The monoisotopic (exact) mass is 348 g/mol. The Labute approximate surface area is 143 Å². The first kappa shape index (κ1) is 15.5. The highest BCUT2D eigenvalue weighted by Crippen LogP contribution is 2.43. The van der Waals surface area contributed by atoms with Crippen molar-refractivity contribution in [3.63, 3.8) is 0 Å². The summed E-state index contributed by atoms with van der Waals surface area (Å²) in [5.74, 6) is 0. The van der Waals surface area contributed by atoms with Crippen molar-refractivity contribution in [1.29, 1.82) is 0 Å². The van der Waals surface area contributed by atoms with Gasteiger partial charge in [-0.25, -0.2) is 0 Å². The second-order valence-electron chi connectivity index (χ2n) is 5.56. The van der Waals surface area contributed by atoms with Gasteiger partial charge in [-0.3, -0.25) is 4.90 Å². The summed E-state index contributed by atoms with van der Waals surface area (Å²) >= 11 is 8.65. The van der Waals surface area contributed by atoms with Crippen LogP contribution in [0.4, 0.5) is 5.69 Å². The van der Waals surface area contributed by atoms with Crippen LogP contribution in [0.1, 0.15) is 18.7 Å². The number of thiocarbonyl (C=S) groups is 1. The zero-order valence-electron chi connectivity index (χ0n) is 12.3. The minimum Gasteiger partial charge on any atom is -0.622 e. The quantitative estimate of drug-likeness (QED) is 0.272. The second kappa shape index (κ2) is 6.02. The van der Waals surface area contributed by atoms with Crippen LogP contribution in [0.3, 0.4) is 0 Å². The van der Waals surface area contributed by atoms with Crippen LogP contribution in [0, 0.1) is 5.21 Å². The van der Waals surface area contributed by atoms with Gasteiger partial charge in [-0.2, -0.15) is 4.74 Å². The Morgan fingerprint density at radius 1 is 1.23 bits per heavy atom. The van der Waals surface area contributed by atoms with E-state index in [0.29, 0.717) is 0 Å². The van der Waals surface area contributed by atoms with Gasteiger partial charge in [-0.15, -0.1) is 11.3 Å². The van der Waals surface area contributed by atoms with Gasteiger partial charge in [0, 0.05) is 5.69 Å². The molecule has 0 radical (unpaired) electrons. The van der Waals surface area contributed by atoms with Gasteiger partial charge >= 0.3 is 0 Å². The summed E-state index contributed by atoms with van der Waals surface area (Å²) in [6.07, 6.45) is 1.29. The number of nitrogens with zero attached hydrogens (tertiary/aromatic N) is 2. The van der Waals surface area contributed by atoms with Gasteiger partial charge in [0.25, 0.3) is 6.17 Å². The molecule has 0 aliphatic carbocycles. The lowest BCUT2D eigenvalue weighted by molar-refractivity contribution is -0.497. The molecule has 3 nitrogen and oxygen atoms in total. The molecule has 1 aromatic heterocycles. The highest BCUT2D eigenvalue weighted by molar-refractivity contribution is 8.24. The molecule has 0 bridgehead atoms. The van der Waals surface area contributed by atoms with E-state index < -0.39 is 0 Å². The summed E-state index contributed by atoms with van der Waals surface area (Å²) in [6.45, 7) is 4.12. The van der Waals surface area contributed by atoms with Crippen LogP contribution in [0.2, 0.25) is 0 Å². The minimum atomic E-state index is -0.366. The molecule has 0 saturated carbocycles. The molecule has 2 aromatic rings. The highest BCUT2D eigenvalue weighted by Gasteiger charge is 2.51. The minimum absolute atomic E-state index is 0.289. The molecular formula is C16H16N2OS3. The summed E-state index contributed by atoms with van der Waals surface area (Å²) in [7, 11) is 0. The van der Waals surface area contributed by atoms with Crippen molar-refractivity contribution < 1.29 is 4.74 Å². The number of para-hydroxylation sites is 1. The first-order valence-corrected chi connectivity index (χ1v) is 9.00. The number of anilines is 1. The molecule has 2 heterocycles. The van der Waals surface area contributed by atoms with Crippen molar-refractivity contribution in [2.75, 3.05) is 4.90 Å². The van der Waals surface area contributed by atoms with Crippen LogP contribution in [-0.2, 0) is 0 Å². The normalized spacial score (nSPS) is 21.4.